The summed E-state index contributed by atoms with van der Waals surface area (Å²) in [6.07, 6.45) is 6.53. The van der Waals surface area contributed by atoms with Crippen molar-refractivity contribution in [3.05, 3.63) is 11.4 Å². The van der Waals surface area contributed by atoms with Crippen molar-refractivity contribution in [2.45, 2.75) is 60.3 Å². The van der Waals surface area contributed by atoms with Crippen LogP contribution < -0.4 is 0 Å². The normalized spacial score (nSPS) is 17.5. The molecule has 2 nitrogen and oxygen atoms in total. The van der Waals surface area contributed by atoms with Crippen LogP contribution in [0.4, 0.5) is 0 Å². The van der Waals surface area contributed by atoms with Gasteiger partial charge in [0.1, 0.15) is 0 Å². The van der Waals surface area contributed by atoms with Crippen molar-refractivity contribution >= 4 is 8.22 Å². The van der Waals surface area contributed by atoms with Crippen LogP contribution in [0.25, 0.3) is 0 Å². The molecular formula is C14H29N2P. The molecule has 1 rings (SSSR count). The van der Waals surface area contributed by atoms with Gasteiger partial charge in [0.15, 0.2) is 0 Å². The van der Waals surface area contributed by atoms with E-state index in [1.807, 2.05) is 0 Å². The summed E-state index contributed by atoms with van der Waals surface area (Å²) in [6.45, 7) is 14.0. The molecule has 0 saturated heterocycles. The average Bonchev–Trinajstić information content (AvgIpc) is 2.57. The molecule has 17 heavy (non-hydrogen) atoms. The maximum Gasteiger partial charge on any atom is 0.0944 e. The Morgan fingerprint density at radius 1 is 0.824 bits per heavy atom. The number of hydrogen-bond donors (Lipinski definition) is 0. The molecule has 1 aliphatic heterocycles. The highest BCUT2D eigenvalue weighted by Gasteiger charge is 2.32. The molecule has 0 saturated carbocycles. The van der Waals surface area contributed by atoms with Gasteiger partial charge in [0.2, 0.25) is 0 Å². The molecule has 1 aliphatic rings. The minimum atomic E-state index is -0.0791. The topological polar surface area (TPSA) is 6.48 Å². The second-order valence-electron chi connectivity index (χ2n) is 4.81. The van der Waals surface area contributed by atoms with Gasteiger partial charge in [-0.15, -0.1) is 0 Å². The highest BCUT2D eigenvalue weighted by atomic mass is 31.1. The molecule has 0 N–H and O–H groups in total. The van der Waals surface area contributed by atoms with E-state index in [4.69, 9.17) is 0 Å². The van der Waals surface area contributed by atoms with E-state index in [1.165, 1.54) is 56.3 Å². The molecule has 0 radical (unpaired) electrons. The zero-order valence-electron chi connectivity index (χ0n) is 12.3. The van der Waals surface area contributed by atoms with E-state index in [0.29, 0.717) is 0 Å². The van der Waals surface area contributed by atoms with E-state index >= 15 is 0 Å². The number of rotatable bonds is 7. The SMILES string of the molecule is CCCCN1C(C)=C(C)N(CCCC)P1CC. The lowest BCUT2D eigenvalue weighted by atomic mass is 10.3. The van der Waals surface area contributed by atoms with Gasteiger partial charge < -0.3 is 9.34 Å². The van der Waals surface area contributed by atoms with Crippen LogP contribution in [0, 0.1) is 0 Å². The highest BCUT2D eigenvalue weighted by Crippen LogP contribution is 2.54. The third kappa shape index (κ3) is 3.37. The predicted octanol–water partition coefficient (Wildman–Crippen LogP) is 4.79. The Labute approximate surface area is 109 Å². The first-order chi connectivity index (χ1) is 8.17. The standard InChI is InChI=1S/C14H29N2P/c1-6-9-11-15-13(4)14(5)16(12-10-7-2)17(15)8-3/h6-12H2,1-5H3. The Bertz CT molecular complexity index is 239. The van der Waals surface area contributed by atoms with E-state index in [-0.39, 0.29) is 8.22 Å². The van der Waals surface area contributed by atoms with Gasteiger partial charge in [-0.2, -0.15) is 0 Å². The molecule has 0 bridgehead atoms. The van der Waals surface area contributed by atoms with Crippen LogP contribution in [0.3, 0.4) is 0 Å². The van der Waals surface area contributed by atoms with Crippen LogP contribution in [0.2, 0.25) is 0 Å². The fourth-order valence-electron chi connectivity index (χ4n) is 2.37. The predicted molar refractivity (Wildman–Crippen MR) is 79.1 cm³/mol. The summed E-state index contributed by atoms with van der Waals surface area (Å²) in [5, 5.41) is 0. The summed E-state index contributed by atoms with van der Waals surface area (Å²) in [6, 6.07) is 0. The second kappa shape index (κ2) is 7.26. The zero-order chi connectivity index (χ0) is 12.8. The van der Waals surface area contributed by atoms with Crippen molar-refractivity contribution < 1.29 is 0 Å². The largest absolute Gasteiger partial charge is 0.336 e. The Kier molecular flexibility index (Phi) is 6.33. The van der Waals surface area contributed by atoms with Crippen LogP contribution in [-0.2, 0) is 0 Å². The number of nitrogens with zero attached hydrogens (tertiary/aromatic N) is 2. The maximum absolute atomic E-state index is 2.68. The van der Waals surface area contributed by atoms with E-state index in [1.54, 1.807) is 0 Å². The van der Waals surface area contributed by atoms with E-state index in [2.05, 4.69) is 44.0 Å². The molecule has 100 valence electrons. The molecule has 0 unspecified atom stereocenters. The van der Waals surface area contributed by atoms with Gasteiger partial charge in [-0.05, 0) is 26.7 Å². The first kappa shape index (κ1) is 14.8. The minimum Gasteiger partial charge on any atom is -0.336 e. The number of allylic oxidation sites excluding steroid dienone is 2. The molecule has 0 spiro atoms. The molecule has 0 aromatic heterocycles. The van der Waals surface area contributed by atoms with Crippen LogP contribution in [0.5, 0.6) is 0 Å². The minimum absolute atomic E-state index is 0.0791. The van der Waals surface area contributed by atoms with Crippen molar-refractivity contribution in [3.63, 3.8) is 0 Å². The first-order valence-electron chi connectivity index (χ1n) is 7.17. The molecule has 1 heterocycles. The van der Waals surface area contributed by atoms with E-state index in [0.717, 1.165) is 0 Å². The van der Waals surface area contributed by atoms with Crippen molar-refractivity contribution in [2.75, 3.05) is 19.3 Å². The summed E-state index contributed by atoms with van der Waals surface area (Å²) in [5.74, 6) is 0. The fourth-order valence-corrected chi connectivity index (χ4v) is 5.04. The monoisotopic (exact) mass is 256 g/mol. The van der Waals surface area contributed by atoms with Crippen LogP contribution in [0.1, 0.15) is 60.3 Å². The molecule has 0 fully saturated rings. The molecule has 0 aromatic carbocycles. The zero-order valence-corrected chi connectivity index (χ0v) is 13.2. The van der Waals surface area contributed by atoms with Gasteiger partial charge in [0.05, 0.1) is 8.22 Å². The van der Waals surface area contributed by atoms with Crippen molar-refractivity contribution in [1.29, 1.82) is 0 Å². The molecular weight excluding hydrogens is 227 g/mol. The second-order valence-corrected chi connectivity index (χ2v) is 7.16. The Morgan fingerprint density at radius 2 is 1.24 bits per heavy atom. The molecule has 0 aromatic rings. The molecule has 0 atom stereocenters. The maximum atomic E-state index is 2.68. The van der Waals surface area contributed by atoms with Gasteiger partial charge in [0, 0.05) is 30.6 Å². The fraction of sp³-hybridized carbons (Fsp3) is 0.857. The smallest absolute Gasteiger partial charge is 0.0944 e. The molecule has 0 amide bonds. The van der Waals surface area contributed by atoms with Crippen LogP contribution >= 0.6 is 8.22 Å². The Balaban J connectivity index is 2.72. The first-order valence-corrected chi connectivity index (χ1v) is 8.60. The summed E-state index contributed by atoms with van der Waals surface area (Å²) in [5.41, 5.74) is 3.06. The van der Waals surface area contributed by atoms with E-state index in [9.17, 15) is 0 Å². The summed E-state index contributed by atoms with van der Waals surface area (Å²) >= 11 is 0. The summed E-state index contributed by atoms with van der Waals surface area (Å²) < 4.78 is 5.37. The van der Waals surface area contributed by atoms with Gasteiger partial charge in [-0.3, -0.25) is 0 Å². The lowest BCUT2D eigenvalue weighted by Gasteiger charge is -2.33. The van der Waals surface area contributed by atoms with Crippen LogP contribution in [0.15, 0.2) is 11.4 Å². The van der Waals surface area contributed by atoms with Gasteiger partial charge in [0.25, 0.3) is 0 Å². The third-order valence-corrected chi connectivity index (χ3v) is 6.27. The lowest BCUT2D eigenvalue weighted by Crippen LogP contribution is -2.20. The van der Waals surface area contributed by atoms with Gasteiger partial charge in [-0.1, -0.05) is 33.6 Å². The quantitative estimate of drug-likeness (QED) is 0.604. The summed E-state index contributed by atoms with van der Waals surface area (Å²) in [7, 11) is -0.0791. The lowest BCUT2D eigenvalue weighted by molar-refractivity contribution is 0.512. The van der Waals surface area contributed by atoms with E-state index < -0.39 is 0 Å². The molecule has 3 heteroatoms. The highest BCUT2D eigenvalue weighted by molar-refractivity contribution is 7.53. The Morgan fingerprint density at radius 3 is 1.53 bits per heavy atom. The van der Waals surface area contributed by atoms with Crippen LogP contribution in [-0.4, -0.2) is 28.6 Å². The Hall–Kier alpha value is -0.230. The molecule has 0 aliphatic carbocycles. The van der Waals surface area contributed by atoms with Gasteiger partial charge in [-0.25, -0.2) is 0 Å². The van der Waals surface area contributed by atoms with Crippen molar-refractivity contribution in [3.8, 4) is 0 Å². The number of unbranched alkanes of at least 4 members (excludes halogenated alkanes) is 2. The average molecular weight is 256 g/mol. The third-order valence-electron chi connectivity index (χ3n) is 3.59. The van der Waals surface area contributed by atoms with Crippen molar-refractivity contribution in [1.82, 2.24) is 9.34 Å². The van der Waals surface area contributed by atoms with Gasteiger partial charge >= 0.3 is 0 Å². The van der Waals surface area contributed by atoms with Crippen molar-refractivity contribution in [2.24, 2.45) is 0 Å². The number of hydrogen-bond acceptors (Lipinski definition) is 2. The summed E-state index contributed by atoms with van der Waals surface area (Å²) in [4.78, 5) is 0.